The van der Waals surface area contributed by atoms with Crippen molar-refractivity contribution in [2.75, 3.05) is 32.8 Å². The van der Waals surface area contributed by atoms with Gasteiger partial charge in [-0.2, -0.15) is 4.98 Å². The van der Waals surface area contributed by atoms with Crippen LogP contribution in [0.25, 0.3) is 11.4 Å². The molecule has 2 aromatic rings. The van der Waals surface area contributed by atoms with Crippen molar-refractivity contribution in [3.63, 3.8) is 0 Å². The summed E-state index contributed by atoms with van der Waals surface area (Å²) in [7, 11) is 0. The highest BCUT2D eigenvalue weighted by molar-refractivity contribution is 6.36. The Labute approximate surface area is 145 Å². The normalized spacial score (nSPS) is 17.3. The van der Waals surface area contributed by atoms with Crippen molar-refractivity contribution in [1.29, 1.82) is 0 Å². The fourth-order valence-corrected chi connectivity index (χ4v) is 3.03. The topological polar surface area (TPSA) is 51.4 Å². The first-order chi connectivity index (χ1) is 11.1. The van der Waals surface area contributed by atoms with E-state index in [9.17, 15) is 0 Å². The van der Waals surface area contributed by atoms with Crippen LogP contribution >= 0.6 is 23.2 Å². The fraction of sp³-hybridized carbons (Fsp3) is 0.500. The van der Waals surface area contributed by atoms with E-state index in [1.54, 1.807) is 18.2 Å². The van der Waals surface area contributed by atoms with Crippen LogP contribution in [0.3, 0.4) is 0 Å². The monoisotopic (exact) mass is 355 g/mol. The predicted octanol–water partition coefficient (Wildman–Crippen LogP) is 3.87. The van der Waals surface area contributed by atoms with Crippen molar-refractivity contribution in [2.24, 2.45) is 0 Å². The second-order valence-corrected chi connectivity index (χ2v) is 6.57. The first-order valence-corrected chi connectivity index (χ1v) is 8.48. The Balaban J connectivity index is 1.63. The number of benzene rings is 1. The van der Waals surface area contributed by atoms with Gasteiger partial charge in [0.2, 0.25) is 11.7 Å². The molecule has 0 amide bonds. The molecule has 0 aliphatic carbocycles. The zero-order valence-electron chi connectivity index (χ0n) is 13.0. The van der Waals surface area contributed by atoms with Gasteiger partial charge in [-0.15, -0.1) is 0 Å². The summed E-state index contributed by atoms with van der Waals surface area (Å²) in [5, 5.41) is 5.15. The third kappa shape index (κ3) is 4.23. The Bertz CT molecular complexity index is 657. The van der Waals surface area contributed by atoms with Gasteiger partial charge in [-0.25, -0.2) is 0 Å². The van der Waals surface area contributed by atoms with Crippen LogP contribution in [0.5, 0.6) is 0 Å². The summed E-state index contributed by atoms with van der Waals surface area (Å²) in [5.74, 6) is 1.34. The molecule has 1 aliphatic heterocycles. The third-order valence-electron chi connectivity index (χ3n) is 4.02. The Kier molecular flexibility index (Phi) is 5.54. The molecule has 0 saturated carbocycles. The SMILES string of the molecule is CC(CCN1CCOCC1)c1nc(-c2ccc(Cl)cc2Cl)no1. The average molecular weight is 356 g/mol. The molecular formula is C16H19Cl2N3O2. The molecule has 1 saturated heterocycles. The van der Waals surface area contributed by atoms with Crippen LogP contribution in [0, 0.1) is 0 Å². The molecule has 1 aromatic carbocycles. The highest BCUT2D eigenvalue weighted by Gasteiger charge is 2.18. The number of halogens is 2. The van der Waals surface area contributed by atoms with Crippen molar-refractivity contribution in [3.8, 4) is 11.4 Å². The molecule has 2 heterocycles. The van der Waals surface area contributed by atoms with E-state index in [1.807, 2.05) is 0 Å². The third-order valence-corrected chi connectivity index (χ3v) is 4.57. The molecule has 124 valence electrons. The van der Waals surface area contributed by atoms with Gasteiger partial charge in [0.15, 0.2) is 0 Å². The maximum absolute atomic E-state index is 6.19. The number of nitrogens with zero attached hydrogens (tertiary/aromatic N) is 3. The summed E-state index contributed by atoms with van der Waals surface area (Å²) in [6.07, 6.45) is 0.968. The van der Waals surface area contributed by atoms with E-state index >= 15 is 0 Å². The molecular weight excluding hydrogens is 337 g/mol. The van der Waals surface area contributed by atoms with Crippen molar-refractivity contribution < 1.29 is 9.26 Å². The lowest BCUT2D eigenvalue weighted by molar-refractivity contribution is 0.0364. The zero-order chi connectivity index (χ0) is 16.2. The van der Waals surface area contributed by atoms with Gasteiger partial charge in [0, 0.05) is 29.6 Å². The first-order valence-electron chi connectivity index (χ1n) is 7.72. The highest BCUT2D eigenvalue weighted by atomic mass is 35.5. The molecule has 0 N–H and O–H groups in total. The molecule has 1 aliphatic rings. The predicted molar refractivity (Wildman–Crippen MR) is 90.0 cm³/mol. The van der Waals surface area contributed by atoms with Gasteiger partial charge in [0.25, 0.3) is 0 Å². The molecule has 0 bridgehead atoms. The lowest BCUT2D eigenvalue weighted by Crippen LogP contribution is -2.37. The van der Waals surface area contributed by atoms with Gasteiger partial charge in [-0.1, -0.05) is 35.3 Å². The quantitative estimate of drug-likeness (QED) is 0.814. The van der Waals surface area contributed by atoms with Crippen molar-refractivity contribution in [3.05, 3.63) is 34.1 Å². The van der Waals surface area contributed by atoms with Crippen molar-refractivity contribution in [2.45, 2.75) is 19.3 Å². The lowest BCUT2D eigenvalue weighted by Gasteiger charge is -2.27. The van der Waals surface area contributed by atoms with Gasteiger partial charge in [-0.3, -0.25) is 4.90 Å². The Morgan fingerprint density at radius 1 is 1.26 bits per heavy atom. The fourth-order valence-electron chi connectivity index (χ4n) is 2.54. The number of hydrogen-bond donors (Lipinski definition) is 0. The van der Waals surface area contributed by atoms with E-state index in [4.69, 9.17) is 32.5 Å². The Hall–Kier alpha value is -1.14. The van der Waals surface area contributed by atoms with Gasteiger partial charge < -0.3 is 9.26 Å². The van der Waals surface area contributed by atoms with Crippen LogP contribution in [0.15, 0.2) is 22.7 Å². The first kappa shape index (κ1) is 16.7. The molecule has 1 atom stereocenters. The minimum absolute atomic E-state index is 0.199. The minimum Gasteiger partial charge on any atom is -0.379 e. The van der Waals surface area contributed by atoms with E-state index < -0.39 is 0 Å². The van der Waals surface area contributed by atoms with Gasteiger partial charge >= 0.3 is 0 Å². The van der Waals surface area contributed by atoms with Crippen LogP contribution in [0.2, 0.25) is 10.0 Å². The van der Waals surface area contributed by atoms with E-state index in [2.05, 4.69) is 22.0 Å². The number of morpholine rings is 1. The summed E-state index contributed by atoms with van der Waals surface area (Å²) in [6, 6.07) is 5.24. The van der Waals surface area contributed by atoms with E-state index in [0.717, 1.165) is 44.8 Å². The Morgan fingerprint density at radius 2 is 2.04 bits per heavy atom. The van der Waals surface area contributed by atoms with Crippen LogP contribution in [-0.4, -0.2) is 47.9 Å². The van der Waals surface area contributed by atoms with E-state index in [0.29, 0.717) is 21.8 Å². The summed E-state index contributed by atoms with van der Waals surface area (Å²) < 4.78 is 10.8. The molecule has 0 radical (unpaired) electrons. The van der Waals surface area contributed by atoms with Gasteiger partial charge in [0.1, 0.15) is 0 Å². The molecule has 5 nitrogen and oxygen atoms in total. The maximum Gasteiger partial charge on any atom is 0.229 e. The molecule has 7 heteroatoms. The smallest absolute Gasteiger partial charge is 0.229 e. The van der Waals surface area contributed by atoms with Crippen molar-refractivity contribution in [1.82, 2.24) is 15.0 Å². The largest absolute Gasteiger partial charge is 0.379 e. The second-order valence-electron chi connectivity index (χ2n) is 5.72. The average Bonchev–Trinajstić information content (AvgIpc) is 3.03. The van der Waals surface area contributed by atoms with Gasteiger partial charge in [0.05, 0.1) is 18.2 Å². The molecule has 3 rings (SSSR count). The number of rotatable bonds is 5. The van der Waals surface area contributed by atoms with Crippen molar-refractivity contribution >= 4 is 23.2 Å². The number of hydrogen-bond acceptors (Lipinski definition) is 5. The van der Waals surface area contributed by atoms with Crippen LogP contribution in [0.1, 0.15) is 25.2 Å². The number of ether oxygens (including phenoxy) is 1. The molecule has 1 unspecified atom stereocenters. The van der Waals surface area contributed by atoms with Crippen LogP contribution in [-0.2, 0) is 4.74 Å². The summed E-state index contributed by atoms with van der Waals surface area (Å²) in [4.78, 5) is 6.88. The molecule has 1 aromatic heterocycles. The van der Waals surface area contributed by atoms with E-state index in [1.165, 1.54) is 0 Å². The Morgan fingerprint density at radius 3 is 2.78 bits per heavy atom. The maximum atomic E-state index is 6.19. The molecule has 23 heavy (non-hydrogen) atoms. The lowest BCUT2D eigenvalue weighted by atomic mass is 10.1. The summed E-state index contributed by atoms with van der Waals surface area (Å²) in [5.41, 5.74) is 0.728. The van der Waals surface area contributed by atoms with Crippen LogP contribution in [0.4, 0.5) is 0 Å². The highest BCUT2D eigenvalue weighted by Crippen LogP contribution is 2.29. The van der Waals surface area contributed by atoms with E-state index in [-0.39, 0.29) is 5.92 Å². The van der Waals surface area contributed by atoms with Gasteiger partial charge in [-0.05, 0) is 31.2 Å². The van der Waals surface area contributed by atoms with Crippen LogP contribution < -0.4 is 0 Å². The summed E-state index contributed by atoms with van der Waals surface area (Å²) >= 11 is 12.1. The molecule has 0 spiro atoms. The molecule has 1 fully saturated rings. The zero-order valence-corrected chi connectivity index (χ0v) is 14.5. The second kappa shape index (κ2) is 7.62. The minimum atomic E-state index is 0.199. The standard InChI is InChI=1S/C16H19Cl2N3O2/c1-11(4-5-21-6-8-22-9-7-21)16-19-15(20-23-16)13-3-2-12(17)10-14(13)18/h2-3,10-11H,4-9H2,1H3. The summed E-state index contributed by atoms with van der Waals surface area (Å²) in [6.45, 7) is 6.71. The number of aromatic nitrogens is 2.